The highest BCUT2D eigenvalue weighted by Crippen LogP contribution is 2.24. The summed E-state index contributed by atoms with van der Waals surface area (Å²) in [5.41, 5.74) is 2.49. The molecule has 0 amide bonds. The predicted molar refractivity (Wildman–Crippen MR) is 117 cm³/mol. The number of aromatic hydroxyl groups is 1. The van der Waals surface area contributed by atoms with E-state index in [0.29, 0.717) is 28.4 Å². The molecule has 4 aromatic rings. The molecule has 2 heterocycles. The number of hydrogen-bond donors (Lipinski definition) is 2. The monoisotopic (exact) mass is 395 g/mol. The Morgan fingerprint density at radius 1 is 1.20 bits per heavy atom. The number of hydrogen-bond acceptors (Lipinski definition) is 5. The maximum atomic E-state index is 12.3. The summed E-state index contributed by atoms with van der Waals surface area (Å²) in [6.07, 6.45) is 10.8. The summed E-state index contributed by atoms with van der Waals surface area (Å²) in [5.74, 6) is -0.243. The van der Waals surface area contributed by atoms with Gasteiger partial charge in [-0.25, -0.2) is 4.98 Å². The second-order valence-electron chi connectivity index (χ2n) is 6.61. The molecule has 2 N–H and O–H groups in total. The number of aliphatic imine (C=N–C) groups is 1. The molecule has 30 heavy (non-hydrogen) atoms. The molecule has 4 rings (SSSR count). The quantitative estimate of drug-likeness (QED) is 0.500. The fourth-order valence-corrected chi connectivity index (χ4v) is 3.05. The SMILES string of the molecule is N#CCc1ccc(N=Cc2c(O)[nH]c(=O)c3ccc(C=Cn4ccnc4)cc23)cc1. The lowest BCUT2D eigenvalue weighted by molar-refractivity contribution is 0.452. The summed E-state index contributed by atoms with van der Waals surface area (Å²) >= 11 is 0. The molecular weight excluding hydrogens is 378 g/mol. The van der Waals surface area contributed by atoms with E-state index in [4.69, 9.17) is 5.26 Å². The molecule has 0 aliphatic carbocycles. The van der Waals surface area contributed by atoms with Crippen LogP contribution in [0.15, 0.2) is 71.0 Å². The summed E-state index contributed by atoms with van der Waals surface area (Å²) in [6, 6.07) is 14.7. The van der Waals surface area contributed by atoms with Gasteiger partial charge in [0.2, 0.25) is 5.88 Å². The normalized spacial score (nSPS) is 11.4. The van der Waals surface area contributed by atoms with Crippen LogP contribution in [0.1, 0.15) is 16.7 Å². The number of nitrogens with zero attached hydrogens (tertiary/aromatic N) is 4. The first-order valence-electron chi connectivity index (χ1n) is 9.18. The van der Waals surface area contributed by atoms with E-state index in [1.165, 1.54) is 6.21 Å². The van der Waals surface area contributed by atoms with E-state index in [0.717, 1.165) is 11.1 Å². The molecule has 2 aromatic carbocycles. The van der Waals surface area contributed by atoms with E-state index >= 15 is 0 Å². The molecule has 0 saturated carbocycles. The van der Waals surface area contributed by atoms with Crippen molar-refractivity contribution in [1.82, 2.24) is 14.5 Å². The Labute approximate surface area is 171 Å². The van der Waals surface area contributed by atoms with Crippen LogP contribution >= 0.6 is 0 Å². The largest absolute Gasteiger partial charge is 0.494 e. The standard InChI is InChI=1S/C23H17N5O2/c24-9-7-16-1-4-18(5-2-16)26-14-21-20-13-17(8-11-28-12-10-25-15-28)3-6-19(20)22(29)27-23(21)30/h1-6,8,10-15H,7H2,(H2,27,29,30). The average molecular weight is 395 g/mol. The van der Waals surface area contributed by atoms with Crippen LogP contribution < -0.4 is 5.56 Å². The van der Waals surface area contributed by atoms with Gasteiger partial charge in [-0.2, -0.15) is 5.26 Å². The summed E-state index contributed by atoms with van der Waals surface area (Å²) in [6.45, 7) is 0. The van der Waals surface area contributed by atoms with Crippen molar-refractivity contribution in [1.29, 1.82) is 5.26 Å². The molecule has 0 bridgehead atoms. The van der Waals surface area contributed by atoms with Gasteiger partial charge in [0.05, 0.1) is 30.1 Å². The van der Waals surface area contributed by atoms with Crippen LogP contribution in [0.2, 0.25) is 0 Å². The van der Waals surface area contributed by atoms with Crippen LogP contribution in [0.5, 0.6) is 5.88 Å². The molecule has 0 spiro atoms. The zero-order valence-corrected chi connectivity index (χ0v) is 15.9. The van der Waals surface area contributed by atoms with Crippen molar-refractivity contribution in [2.24, 2.45) is 4.99 Å². The molecule has 0 saturated heterocycles. The van der Waals surface area contributed by atoms with Gasteiger partial charge in [-0.15, -0.1) is 0 Å². The third kappa shape index (κ3) is 4.03. The molecule has 0 radical (unpaired) electrons. The van der Waals surface area contributed by atoms with E-state index in [-0.39, 0.29) is 11.4 Å². The Balaban J connectivity index is 1.73. The number of fused-ring (bicyclic) bond motifs is 1. The predicted octanol–water partition coefficient (Wildman–Crippen LogP) is 3.87. The van der Waals surface area contributed by atoms with Crippen molar-refractivity contribution >= 4 is 35.0 Å². The highest BCUT2D eigenvalue weighted by molar-refractivity contribution is 6.02. The number of nitrogens with one attached hydrogen (secondary N) is 1. The number of rotatable bonds is 5. The van der Waals surface area contributed by atoms with Crippen LogP contribution in [0.3, 0.4) is 0 Å². The van der Waals surface area contributed by atoms with Gasteiger partial charge in [0.25, 0.3) is 5.56 Å². The van der Waals surface area contributed by atoms with Crippen molar-refractivity contribution in [3.05, 3.63) is 88.2 Å². The number of pyridine rings is 1. The summed E-state index contributed by atoms with van der Waals surface area (Å²) in [7, 11) is 0. The van der Waals surface area contributed by atoms with Gasteiger partial charge in [0.15, 0.2) is 0 Å². The minimum absolute atomic E-state index is 0.243. The fourth-order valence-electron chi connectivity index (χ4n) is 3.05. The van der Waals surface area contributed by atoms with Crippen molar-refractivity contribution < 1.29 is 5.11 Å². The molecule has 0 unspecified atom stereocenters. The molecule has 2 aromatic heterocycles. The first kappa shape index (κ1) is 18.9. The number of imidazole rings is 1. The Hall–Kier alpha value is -4.44. The molecule has 7 nitrogen and oxygen atoms in total. The molecule has 0 atom stereocenters. The minimum Gasteiger partial charge on any atom is -0.494 e. The lowest BCUT2D eigenvalue weighted by Gasteiger charge is -2.06. The first-order chi connectivity index (χ1) is 14.6. The van der Waals surface area contributed by atoms with Gasteiger partial charge < -0.3 is 9.67 Å². The topological polar surface area (TPSA) is 107 Å². The Morgan fingerprint density at radius 2 is 2.03 bits per heavy atom. The van der Waals surface area contributed by atoms with Gasteiger partial charge in [-0.3, -0.25) is 14.8 Å². The van der Waals surface area contributed by atoms with Crippen LogP contribution in [0.4, 0.5) is 5.69 Å². The Bertz CT molecular complexity index is 1340. The van der Waals surface area contributed by atoms with Gasteiger partial charge in [0, 0.05) is 35.6 Å². The molecule has 7 heteroatoms. The van der Waals surface area contributed by atoms with E-state index in [2.05, 4.69) is 21.0 Å². The van der Waals surface area contributed by atoms with Crippen molar-refractivity contribution in [3.63, 3.8) is 0 Å². The number of benzene rings is 2. The lowest BCUT2D eigenvalue weighted by atomic mass is 10.0. The maximum Gasteiger partial charge on any atom is 0.258 e. The molecular formula is C23H17N5O2. The molecule has 0 aliphatic heterocycles. The molecule has 0 aliphatic rings. The van der Waals surface area contributed by atoms with Gasteiger partial charge in [-0.05, 0) is 41.5 Å². The number of aromatic amines is 1. The van der Waals surface area contributed by atoms with E-state index in [9.17, 15) is 9.90 Å². The Morgan fingerprint density at radius 3 is 2.77 bits per heavy atom. The zero-order valence-electron chi connectivity index (χ0n) is 15.9. The summed E-state index contributed by atoms with van der Waals surface area (Å²) in [5, 5.41) is 20.2. The Kier molecular flexibility index (Phi) is 5.22. The third-order valence-corrected chi connectivity index (χ3v) is 4.59. The van der Waals surface area contributed by atoms with E-state index in [1.54, 1.807) is 35.3 Å². The highest BCUT2D eigenvalue weighted by Gasteiger charge is 2.10. The molecule has 0 fully saturated rings. The number of nitriles is 1. The second-order valence-corrected chi connectivity index (χ2v) is 6.61. The number of H-pyrrole nitrogens is 1. The van der Waals surface area contributed by atoms with Crippen molar-refractivity contribution in [2.45, 2.75) is 6.42 Å². The zero-order chi connectivity index (χ0) is 20.9. The minimum atomic E-state index is -0.370. The summed E-state index contributed by atoms with van der Waals surface area (Å²) < 4.78 is 1.80. The third-order valence-electron chi connectivity index (χ3n) is 4.59. The van der Waals surface area contributed by atoms with Crippen molar-refractivity contribution in [3.8, 4) is 11.9 Å². The van der Waals surface area contributed by atoms with Gasteiger partial charge >= 0.3 is 0 Å². The fraction of sp³-hybridized carbons (Fsp3) is 0.0435. The van der Waals surface area contributed by atoms with Crippen LogP contribution in [0, 0.1) is 11.3 Å². The highest BCUT2D eigenvalue weighted by atomic mass is 16.3. The van der Waals surface area contributed by atoms with Crippen LogP contribution in [-0.4, -0.2) is 25.9 Å². The molecule has 146 valence electrons. The van der Waals surface area contributed by atoms with Gasteiger partial charge in [0.1, 0.15) is 0 Å². The van der Waals surface area contributed by atoms with Crippen LogP contribution in [0.25, 0.3) is 23.0 Å². The summed E-state index contributed by atoms with van der Waals surface area (Å²) in [4.78, 5) is 23.1. The maximum absolute atomic E-state index is 12.3. The van der Waals surface area contributed by atoms with E-state index < -0.39 is 0 Å². The number of aromatic nitrogens is 3. The second kappa shape index (κ2) is 8.29. The first-order valence-corrected chi connectivity index (χ1v) is 9.18. The average Bonchev–Trinajstić information content (AvgIpc) is 3.27. The van der Waals surface area contributed by atoms with Gasteiger partial charge in [-0.1, -0.05) is 18.2 Å². The smallest absolute Gasteiger partial charge is 0.258 e. The van der Waals surface area contributed by atoms with E-state index in [1.807, 2.05) is 42.7 Å². The van der Waals surface area contributed by atoms with Crippen molar-refractivity contribution in [2.75, 3.05) is 0 Å². The van der Waals surface area contributed by atoms with Crippen LogP contribution in [-0.2, 0) is 6.42 Å². The lowest BCUT2D eigenvalue weighted by Crippen LogP contribution is -2.08.